The van der Waals surface area contributed by atoms with Crippen molar-refractivity contribution in [3.8, 4) is 0 Å². The standard InChI is InChI=1S/C13H15FN2O3/c14-11-7-8(4-5-15-11)12(17)16-10-3-1-2-9(6-10)13(18)19/h4-5,7,9-10H,1-3,6H2,(H,16,17)(H,18,19). The fourth-order valence-electron chi connectivity index (χ4n) is 2.36. The number of aliphatic carboxylic acids is 1. The highest BCUT2D eigenvalue weighted by Gasteiger charge is 2.28. The summed E-state index contributed by atoms with van der Waals surface area (Å²) in [5, 5.41) is 11.7. The lowest BCUT2D eigenvalue weighted by Gasteiger charge is -2.27. The zero-order chi connectivity index (χ0) is 13.8. The normalized spacial score (nSPS) is 22.8. The summed E-state index contributed by atoms with van der Waals surface area (Å²) in [6, 6.07) is 2.32. The SMILES string of the molecule is O=C(NC1CCCC(C(=O)O)C1)c1ccnc(F)c1. The van der Waals surface area contributed by atoms with Crippen molar-refractivity contribution in [1.29, 1.82) is 0 Å². The van der Waals surface area contributed by atoms with Gasteiger partial charge >= 0.3 is 5.97 Å². The van der Waals surface area contributed by atoms with Crippen LogP contribution in [0.5, 0.6) is 0 Å². The lowest BCUT2D eigenvalue weighted by atomic mass is 9.85. The van der Waals surface area contributed by atoms with E-state index in [9.17, 15) is 14.0 Å². The summed E-state index contributed by atoms with van der Waals surface area (Å²) in [4.78, 5) is 26.2. The Kier molecular flexibility index (Phi) is 4.09. The van der Waals surface area contributed by atoms with E-state index in [-0.39, 0.29) is 11.6 Å². The number of hydrogen-bond acceptors (Lipinski definition) is 3. The van der Waals surface area contributed by atoms with Gasteiger partial charge in [0.05, 0.1) is 5.92 Å². The molecule has 1 heterocycles. The van der Waals surface area contributed by atoms with Crippen LogP contribution in [0.1, 0.15) is 36.0 Å². The molecule has 1 fully saturated rings. The summed E-state index contributed by atoms with van der Waals surface area (Å²) in [6.45, 7) is 0. The van der Waals surface area contributed by atoms with Crippen LogP contribution in [0.15, 0.2) is 18.3 Å². The molecule has 2 rings (SSSR count). The minimum Gasteiger partial charge on any atom is -0.481 e. The highest BCUT2D eigenvalue weighted by atomic mass is 19.1. The Labute approximate surface area is 109 Å². The number of rotatable bonds is 3. The third-order valence-electron chi connectivity index (χ3n) is 3.35. The highest BCUT2D eigenvalue weighted by molar-refractivity contribution is 5.94. The molecule has 2 N–H and O–H groups in total. The number of aromatic nitrogens is 1. The molecule has 0 spiro atoms. The maximum Gasteiger partial charge on any atom is 0.306 e. The zero-order valence-electron chi connectivity index (χ0n) is 10.3. The lowest BCUT2D eigenvalue weighted by molar-refractivity contribution is -0.143. The number of nitrogens with one attached hydrogen (secondary N) is 1. The molecule has 0 aromatic carbocycles. The number of amides is 1. The van der Waals surface area contributed by atoms with E-state index in [1.807, 2.05) is 0 Å². The second-order valence-corrected chi connectivity index (χ2v) is 4.74. The average Bonchev–Trinajstić information content (AvgIpc) is 2.39. The van der Waals surface area contributed by atoms with Gasteiger partial charge in [0.25, 0.3) is 5.91 Å². The van der Waals surface area contributed by atoms with Crippen LogP contribution in [0.3, 0.4) is 0 Å². The first kappa shape index (κ1) is 13.5. The van der Waals surface area contributed by atoms with Crippen molar-refractivity contribution in [3.63, 3.8) is 0 Å². The van der Waals surface area contributed by atoms with Gasteiger partial charge in [-0.15, -0.1) is 0 Å². The molecule has 6 heteroatoms. The summed E-state index contributed by atoms with van der Waals surface area (Å²) >= 11 is 0. The molecule has 0 radical (unpaired) electrons. The van der Waals surface area contributed by atoms with Gasteiger partial charge in [-0.2, -0.15) is 4.39 Å². The van der Waals surface area contributed by atoms with Crippen LogP contribution >= 0.6 is 0 Å². The van der Waals surface area contributed by atoms with Gasteiger partial charge in [-0.25, -0.2) is 4.98 Å². The predicted octanol–water partition coefficient (Wildman–Crippen LogP) is 1.59. The molecule has 1 saturated carbocycles. The van der Waals surface area contributed by atoms with Gasteiger partial charge in [0.2, 0.25) is 5.95 Å². The van der Waals surface area contributed by atoms with Gasteiger partial charge in [0.15, 0.2) is 0 Å². The van der Waals surface area contributed by atoms with Crippen LogP contribution in [-0.2, 0) is 4.79 Å². The molecule has 1 aromatic rings. The van der Waals surface area contributed by atoms with Gasteiger partial charge in [0, 0.05) is 23.9 Å². The summed E-state index contributed by atoms with van der Waals surface area (Å²) in [5.41, 5.74) is 0.199. The second kappa shape index (κ2) is 5.77. The summed E-state index contributed by atoms with van der Waals surface area (Å²) in [7, 11) is 0. The van der Waals surface area contributed by atoms with Crippen LogP contribution in [0.2, 0.25) is 0 Å². The fourth-order valence-corrected chi connectivity index (χ4v) is 2.36. The summed E-state index contributed by atoms with van der Waals surface area (Å²) in [5.74, 6) is -2.33. The third kappa shape index (κ3) is 3.49. The maximum absolute atomic E-state index is 12.9. The second-order valence-electron chi connectivity index (χ2n) is 4.74. The van der Waals surface area contributed by atoms with E-state index >= 15 is 0 Å². The Hall–Kier alpha value is -1.98. The molecular weight excluding hydrogens is 251 g/mol. The van der Waals surface area contributed by atoms with Crippen LogP contribution in [-0.4, -0.2) is 28.0 Å². The van der Waals surface area contributed by atoms with E-state index in [1.165, 1.54) is 12.3 Å². The van der Waals surface area contributed by atoms with Crippen molar-refractivity contribution in [2.75, 3.05) is 0 Å². The largest absolute Gasteiger partial charge is 0.481 e. The number of halogens is 1. The molecular formula is C13H15FN2O3. The number of carboxylic acids is 1. The molecule has 1 aromatic heterocycles. The Morgan fingerprint density at radius 2 is 2.21 bits per heavy atom. The van der Waals surface area contributed by atoms with Gasteiger partial charge in [-0.1, -0.05) is 6.42 Å². The average molecular weight is 266 g/mol. The van der Waals surface area contributed by atoms with Crippen molar-refractivity contribution in [2.24, 2.45) is 5.92 Å². The molecule has 2 atom stereocenters. The monoisotopic (exact) mass is 266 g/mol. The Balaban J connectivity index is 1.97. The molecule has 102 valence electrons. The number of nitrogens with zero attached hydrogens (tertiary/aromatic N) is 1. The molecule has 2 unspecified atom stereocenters. The number of carbonyl (C=O) groups is 2. The highest BCUT2D eigenvalue weighted by Crippen LogP contribution is 2.24. The molecule has 1 aliphatic carbocycles. The Morgan fingerprint density at radius 1 is 1.42 bits per heavy atom. The van der Waals surface area contributed by atoms with Gasteiger partial charge in [0.1, 0.15) is 0 Å². The Bertz CT molecular complexity index is 493. The number of carbonyl (C=O) groups excluding carboxylic acids is 1. The number of carboxylic acid groups (broad SMARTS) is 1. The van der Waals surface area contributed by atoms with Crippen LogP contribution in [0.25, 0.3) is 0 Å². The van der Waals surface area contributed by atoms with Gasteiger partial charge in [-0.3, -0.25) is 9.59 Å². The van der Waals surface area contributed by atoms with Crippen molar-refractivity contribution in [2.45, 2.75) is 31.7 Å². The number of pyridine rings is 1. The van der Waals surface area contributed by atoms with E-state index < -0.39 is 23.7 Å². The molecule has 0 aliphatic heterocycles. The molecule has 0 saturated heterocycles. The van der Waals surface area contributed by atoms with Crippen LogP contribution in [0.4, 0.5) is 4.39 Å². The van der Waals surface area contributed by atoms with Gasteiger partial charge < -0.3 is 10.4 Å². The molecule has 0 bridgehead atoms. The molecule has 1 aliphatic rings. The van der Waals surface area contributed by atoms with Crippen LogP contribution in [0, 0.1) is 11.9 Å². The van der Waals surface area contributed by atoms with Crippen LogP contribution < -0.4 is 5.32 Å². The Morgan fingerprint density at radius 3 is 2.89 bits per heavy atom. The molecule has 1 amide bonds. The van der Waals surface area contributed by atoms with E-state index in [2.05, 4.69) is 10.3 Å². The number of hydrogen-bond donors (Lipinski definition) is 2. The lowest BCUT2D eigenvalue weighted by Crippen LogP contribution is -2.40. The van der Waals surface area contributed by atoms with Crippen molar-refractivity contribution >= 4 is 11.9 Å². The first-order valence-corrected chi connectivity index (χ1v) is 6.21. The smallest absolute Gasteiger partial charge is 0.306 e. The first-order valence-electron chi connectivity index (χ1n) is 6.21. The van der Waals surface area contributed by atoms with Crippen molar-refractivity contribution in [1.82, 2.24) is 10.3 Å². The minimum absolute atomic E-state index is 0.168. The summed E-state index contributed by atoms with van der Waals surface area (Å²) < 4.78 is 12.9. The van der Waals surface area contributed by atoms with E-state index in [0.717, 1.165) is 18.9 Å². The zero-order valence-corrected chi connectivity index (χ0v) is 10.3. The van der Waals surface area contributed by atoms with Crippen molar-refractivity contribution in [3.05, 3.63) is 29.8 Å². The maximum atomic E-state index is 12.9. The third-order valence-corrected chi connectivity index (χ3v) is 3.35. The van der Waals surface area contributed by atoms with E-state index in [4.69, 9.17) is 5.11 Å². The van der Waals surface area contributed by atoms with Crippen molar-refractivity contribution < 1.29 is 19.1 Å². The first-order chi connectivity index (χ1) is 9.06. The summed E-state index contributed by atoms with van der Waals surface area (Å²) in [6.07, 6.45) is 3.82. The molecule has 19 heavy (non-hydrogen) atoms. The van der Waals surface area contributed by atoms with E-state index in [0.29, 0.717) is 12.8 Å². The minimum atomic E-state index is -0.825. The molecule has 5 nitrogen and oxygen atoms in total. The predicted molar refractivity (Wildman–Crippen MR) is 65.0 cm³/mol. The van der Waals surface area contributed by atoms with E-state index in [1.54, 1.807) is 0 Å². The fraction of sp³-hybridized carbons (Fsp3) is 0.462. The topological polar surface area (TPSA) is 79.3 Å². The van der Waals surface area contributed by atoms with Gasteiger partial charge in [-0.05, 0) is 25.3 Å². The quantitative estimate of drug-likeness (QED) is 0.814.